The second-order valence-electron chi connectivity index (χ2n) is 4.89. The van der Waals surface area contributed by atoms with E-state index in [-0.39, 0.29) is 18.1 Å². The lowest BCUT2D eigenvalue weighted by atomic mass is 10.1. The molecule has 0 aliphatic heterocycles. The Kier molecular flexibility index (Phi) is 3.39. The van der Waals surface area contributed by atoms with Crippen LogP contribution in [0.15, 0.2) is 48.8 Å². The summed E-state index contributed by atoms with van der Waals surface area (Å²) in [5.41, 5.74) is 2.86. The van der Waals surface area contributed by atoms with E-state index >= 15 is 0 Å². The van der Waals surface area contributed by atoms with Gasteiger partial charge in [0, 0.05) is 12.4 Å². The van der Waals surface area contributed by atoms with Gasteiger partial charge in [-0.2, -0.15) is 0 Å². The van der Waals surface area contributed by atoms with Crippen molar-refractivity contribution >= 4 is 17.2 Å². The molecule has 0 unspecified atom stereocenters. The number of nitrogens with zero attached hydrogens (tertiary/aromatic N) is 2. The van der Waals surface area contributed by atoms with Crippen LogP contribution in [0.3, 0.4) is 0 Å². The highest BCUT2D eigenvalue weighted by Crippen LogP contribution is 2.16. The van der Waals surface area contributed by atoms with Crippen LogP contribution in [0.1, 0.15) is 11.3 Å². The maximum atomic E-state index is 13.1. The van der Waals surface area contributed by atoms with Gasteiger partial charge in [0.2, 0.25) is 5.91 Å². The first-order chi connectivity index (χ1) is 10.1. The maximum absolute atomic E-state index is 13.1. The SMILES string of the molecule is Cc1cn2cccc(NC(=O)Cc3cccc(F)c3)c2n1. The Bertz CT molecular complexity index is 810. The van der Waals surface area contributed by atoms with E-state index in [1.807, 2.05) is 29.8 Å². The van der Waals surface area contributed by atoms with E-state index in [0.717, 1.165) is 5.69 Å². The number of carbonyl (C=O) groups is 1. The summed E-state index contributed by atoms with van der Waals surface area (Å²) in [6, 6.07) is 9.67. The van der Waals surface area contributed by atoms with Crippen molar-refractivity contribution in [2.75, 3.05) is 5.32 Å². The van der Waals surface area contributed by atoms with Crippen LogP contribution in [0.5, 0.6) is 0 Å². The number of fused-ring (bicyclic) bond motifs is 1. The summed E-state index contributed by atoms with van der Waals surface area (Å²) in [4.78, 5) is 16.4. The highest BCUT2D eigenvalue weighted by atomic mass is 19.1. The normalized spacial score (nSPS) is 10.8. The second kappa shape index (κ2) is 5.36. The van der Waals surface area contributed by atoms with E-state index < -0.39 is 0 Å². The monoisotopic (exact) mass is 283 g/mol. The summed E-state index contributed by atoms with van der Waals surface area (Å²) < 4.78 is 15.0. The third kappa shape index (κ3) is 2.91. The number of anilines is 1. The number of carbonyl (C=O) groups excluding carboxylic acids is 1. The molecule has 106 valence electrons. The van der Waals surface area contributed by atoms with Crippen LogP contribution < -0.4 is 5.32 Å². The van der Waals surface area contributed by atoms with Gasteiger partial charge in [0.1, 0.15) is 5.82 Å². The van der Waals surface area contributed by atoms with Crippen molar-refractivity contribution < 1.29 is 9.18 Å². The Labute approximate surface area is 121 Å². The number of amides is 1. The molecule has 1 amide bonds. The molecule has 0 fully saturated rings. The molecule has 0 radical (unpaired) electrons. The van der Waals surface area contributed by atoms with Gasteiger partial charge in [0.15, 0.2) is 5.65 Å². The molecule has 21 heavy (non-hydrogen) atoms. The standard InChI is InChI=1S/C16H14FN3O/c1-11-10-20-7-3-6-14(16(20)18-11)19-15(21)9-12-4-2-5-13(17)8-12/h2-8,10H,9H2,1H3,(H,19,21). The maximum Gasteiger partial charge on any atom is 0.228 e. The van der Waals surface area contributed by atoms with Gasteiger partial charge in [-0.15, -0.1) is 0 Å². The van der Waals surface area contributed by atoms with E-state index in [0.29, 0.717) is 16.9 Å². The van der Waals surface area contributed by atoms with Crippen LogP contribution in [0.25, 0.3) is 5.65 Å². The lowest BCUT2D eigenvalue weighted by Crippen LogP contribution is -2.15. The first-order valence-electron chi connectivity index (χ1n) is 6.60. The Hall–Kier alpha value is -2.69. The summed E-state index contributed by atoms with van der Waals surface area (Å²) >= 11 is 0. The number of imidazole rings is 1. The van der Waals surface area contributed by atoms with Crippen molar-refractivity contribution in [3.05, 3.63) is 65.9 Å². The van der Waals surface area contributed by atoms with Crippen molar-refractivity contribution in [3.63, 3.8) is 0 Å². The topological polar surface area (TPSA) is 46.4 Å². The summed E-state index contributed by atoms with van der Waals surface area (Å²) in [6.07, 6.45) is 3.88. The van der Waals surface area contributed by atoms with Gasteiger partial charge >= 0.3 is 0 Å². The molecule has 2 heterocycles. The molecule has 1 aromatic carbocycles. The molecule has 0 bridgehead atoms. The molecule has 5 heteroatoms. The predicted octanol–water partition coefficient (Wildman–Crippen LogP) is 2.96. The van der Waals surface area contributed by atoms with Crippen LogP contribution in [0.2, 0.25) is 0 Å². The van der Waals surface area contributed by atoms with Crippen LogP contribution in [-0.2, 0) is 11.2 Å². The highest BCUT2D eigenvalue weighted by molar-refractivity contribution is 5.95. The van der Waals surface area contributed by atoms with Crippen LogP contribution in [0.4, 0.5) is 10.1 Å². The zero-order chi connectivity index (χ0) is 14.8. The molecule has 3 rings (SSSR count). The van der Waals surface area contributed by atoms with Gasteiger partial charge in [-0.1, -0.05) is 12.1 Å². The summed E-state index contributed by atoms with van der Waals surface area (Å²) in [6.45, 7) is 1.89. The van der Waals surface area contributed by atoms with E-state index in [4.69, 9.17) is 0 Å². The summed E-state index contributed by atoms with van der Waals surface area (Å²) in [5.74, 6) is -0.541. The molecular formula is C16H14FN3O. The van der Waals surface area contributed by atoms with Crippen molar-refractivity contribution in [3.8, 4) is 0 Å². The van der Waals surface area contributed by atoms with Gasteiger partial charge in [0.25, 0.3) is 0 Å². The van der Waals surface area contributed by atoms with E-state index in [2.05, 4.69) is 10.3 Å². The van der Waals surface area contributed by atoms with Crippen molar-refractivity contribution in [1.82, 2.24) is 9.38 Å². The number of benzene rings is 1. The molecule has 0 aliphatic rings. The lowest BCUT2D eigenvalue weighted by molar-refractivity contribution is -0.115. The zero-order valence-corrected chi connectivity index (χ0v) is 11.5. The second-order valence-corrected chi connectivity index (χ2v) is 4.89. The number of hydrogen-bond acceptors (Lipinski definition) is 2. The Morgan fingerprint density at radius 2 is 2.19 bits per heavy atom. The minimum absolute atomic E-state index is 0.124. The molecule has 0 atom stereocenters. The average Bonchev–Trinajstić information content (AvgIpc) is 2.80. The largest absolute Gasteiger partial charge is 0.323 e. The molecular weight excluding hydrogens is 269 g/mol. The van der Waals surface area contributed by atoms with Gasteiger partial charge in [-0.3, -0.25) is 4.79 Å². The van der Waals surface area contributed by atoms with E-state index in [1.165, 1.54) is 12.1 Å². The molecule has 0 spiro atoms. The first kappa shape index (κ1) is 13.3. The summed E-state index contributed by atoms with van der Waals surface area (Å²) in [5, 5.41) is 2.82. The number of halogens is 1. The molecule has 4 nitrogen and oxygen atoms in total. The zero-order valence-electron chi connectivity index (χ0n) is 11.5. The molecule has 3 aromatic rings. The van der Waals surface area contributed by atoms with E-state index in [1.54, 1.807) is 18.2 Å². The fourth-order valence-corrected chi connectivity index (χ4v) is 2.26. The molecule has 2 aromatic heterocycles. The lowest BCUT2D eigenvalue weighted by Gasteiger charge is -2.06. The highest BCUT2D eigenvalue weighted by Gasteiger charge is 2.09. The van der Waals surface area contributed by atoms with Gasteiger partial charge in [-0.25, -0.2) is 9.37 Å². The number of aryl methyl sites for hydroxylation is 1. The third-order valence-electron chi connectivity index (χ3n) is 3.13. The number of rotatable bonds is 3. The van der Waals surface area contributed by atoms with Crippen molar-refractivity contribution in [1.29, 1.82) is 0 Å². The van der Waals surface area contributed by atoms with Crippen LogP contribution in [0, 0.1) is 12.7 Å². The third-order valence-corrected chi connectivity index (χ3v) is 3.13. The van der Waals surface area contributed by atoms with Crippen LogP contribution in [-0.4, -0.2) is 15.3 Å². The Morgan fingerprint density at radius 3 is 3.00 bits per heavy atom. The van der Waals surface area contributed by atoms with Gasteiger partial charge in [-0.05, 0) is 36.8 Å². The molecule has 0 aliphatic carbocycles. The smallest absolute Gasteiger partial charge is 0.228 e. The fraction of sp³-hybridized carbons (Fsp3) is 0.125. The number of pyridine rings is 1. The van der Waals surface area contributed by atoms with Crippen molar-refractivity contribution in [2.24, 2.45) is 0 Å². The van der Waals surface area contributed by atoms with Gasteiger partial charge < -0.3 is 9.72 Å². The number of hydrogen-bond donors (Lipinski definition) is 1. The Morgan fingerprint density at radius 1 is 1.33 bits per heavy atom. The quantitative estimate of drug-likeness (QED) is 0.803. The minimum atomic E-state index is -0.341. The first-order valence-corrected chi connectivity index (χ1v) is 6.60. The molecule has 0 saturated heterocycles. The number of aromatic nitrogens is 2. The molecule has 0 saturated carbocycles. The number of nitrogens with one attached hydrogen (secondary N) is 1. The Balaban J connectivity index is 1.80. The predicted molar refractivity (Wildman–Crippen MR) is 78.7 cm³/mol. The summed E-state index contributed by atoms with van der Waals surface area (Å²) in [7, 11) is 0. The minimum Gasteiger partial charge on any atom is -0.323 e. The molecule has 1 N–H and O–H groups in total. The van der Waals surface area contributed by atoms with Crippen LogP contribution >= 0.6 is 0 Å². The van der Waals surface area contributed by atoms with E-state index in [9.17, 15) is 9.18 Å². The van der Waals surface area contributed by atoms with Gasteiger partial charge in [0.05, 0.1) is 17.8 Å². The fourth-order valence-electron chi connectivity index (χ4n) is 2.26. The average molecular weight is 283 g/mol. The van der Waals surface area contributed by atoms with Crippen molar-refractivity contribution in [2.45, 2.75) is 13.3 Å².